The van der Waals surface area contributed by atoms with Gasteiger partial charge < -0.3 is 4.90 Å². The first kappa shape index (κ1) is 20.7. The summed E-state index contributed by atoms with van der Waals surface area (Å²) in [7, 11) is 0. The van der Waals surface area contributed by atoms with E-state index in [9.17, 15) is 24.5 Å². The van der Waals surface area contributed by atoms with E-state index in [1.54, 1.807) is 24.3 Å². The summed E-state index contributed by atoms with van der Waals surface area (Å²) in [5.74, 6) is -1.37. The molecule has 1 unspecified atom stereocenters. The second-order valence-electron chi connectivity index (χ2n) is 7.13. The number of amides is 3. The fraction of sp³-hybridized carbons (Fsp3) is 0.250. The summed E-state index contributed by atoms with van der Waals surface area (Å²) in [6, 6.07) is 9.64. The van der Waals surface area contributed by atoms with E-state index in [0.29, 0.717) is 18.5 Å². The number of carbonyl (C=O) groups is 3. The highest BCUT2D eigenvalue weighted by Gasteiger charge is 2.49. The van der Waals surface area contributed by atoms with Crippen LogP contribution in [0.25, 0.3) is 0 Å². The number of carbonyl (C=O) groups excluding carboxylic acids is 3. The van der Waals surface area contributed by atoms with Gasteiger partial charge in [-0.1, -0.05) is 11.6 Å². The molecule has 10 heteroatoms. The number of hydrogen-bond donors (Lipinski definition) is 0. The summed E-state index contributed by atoms with van der Waals surface area (Å²) < 4.78 is 0.964. The van der Waals surface area contributed by atoms with E-state index in [-0.39, 0.29) is 34.6 Å². The number of nitro benzene ring substituents is 1. The van der Waals surface area contributed by atoms with Gasteiger partial charge >= 0.3 is 0 Å². The highest BCUT2D eigenvalue weighted by molar-refractivity contribution is 14.1. The quantitative estimate of drug-likeness (QED) is 0.249. The van der Waals surface area contributed by atoms with Gasteiger partial charge in [0.15, 0.2) is 0 Å². The number of halogens is 2. The molecule has 0 N–H and O–H groups in total. The van der Waals surface area contributed by atoms with Crippen LogP contribution in [0.4, 0.5) is 11.4 Å². The van der Waals surface area contributed by atoms with Crippen LogP contribution in [0.15, 0.2) is 42.5 Å². The van der Waals surface area contributed by atoms with Gasteiger partial charge in [0.2, 0.25) is 5.91 Å². The maximum atomic E-state index is 13.2. The zero-order chi connectivity index (χ0) is 21.6. The van der Waals surface area contributed by atoms with E-state index < -0.39 is 22.8 Å². The molecule has 1 saturated heterocycles. The minimum absolute atomic E-state index is 0.0611. The Morgan fingerprint density at radius 2 is 1.83 bits per heavy atom. The van der Waals surface area contributed by atoms with Gasteiger partial charge in [-0.05, 0) is 71.8 Å². The second kappa shape index (κ2) is 7.95. The lowest BCUT2D eigenvalue weighted by atomic mass is 10.1. The standard InChI is InChI=1S/C20H15ClIN3O5/c21-15-8-1-11(9-16(15)25(29)30)19(27)23(13-6-7-13)17-10-18(26)24(20(17)28)14-4-2-12(22)3-5-14/h1-5,8-9,13,17H,6-7,10H2. The normalized spacial score (nSPS) is 18.6. The first-order valence-electron chi connectivity index (χ1n) is 9.17. The molecule has 1 saturated carbocycles. The number of anilines is 1. The van der Waals surface area contributed by atoms with Gasteiger partial charge in [-0.15, -0.1) is 0 Å². The molecule has 1 aliphatic carbocycles. The molecule has 4 rings (SSSR count). The third kappa shape index (κ3) is 3.79. The van der Waals surface area contributed by atoms with Crippen LogP contribution in [-0.4, -0.2) is 39.6 Å². The molecule has 0 bridgehead atoms. The molecule has 2 aromatic carbocycles. The van der Waals surface area contributed by atoms with Gasteiger partial charge in [0.1, 0.15) is 11.1 Å². The summed E-state index contributed by atoms with van der Waals surface area (Å²) in [5.41, 5.74) is 0.136. The predicted molar refractivity (Wildman–Crippen MR) is 117 cm³/mol. The van der Waals surface area contributed by atoms with Crippen LogP contribution in [0.2, 0.25) is 5.02 Å². The number of nitrogens with zero attached hydrogens (tertiary/aromatic N) is 3. The zero-order valence-electron chi connectivity index (χ0n) is 15.5. The number of hydrogen-bond acceptors (Lipinski definition) is 5. The second-order valence-corrected chi connectivity index (χ2v) is 8.78. The lowest BCUT2D eigenvalue weighted by Crippen LogP contribution is -2.46. The van der Waals surface area contributed by atoms with Crippen molar-refractivity contribution in [3.63, 3.8) is 0 Å². The Morgan fingerprint density at radius 3 is 2.43 bits per heavy atom. The molecule has 8 nitrogen and oxygen atoms in total. The summed E-state index contributed by atoms with van der Waals surface area (Å²) in [6.07, 6.45) is 1.30. The molecule has 154 valence electrons. The summed E-state index contributed by atoms with van der Waals surface area (Å²) in [6.45, 7) is 0. The molecule has 1 heterocycles. The van der Waals surface area contributed by atoms with Crippen LogP contribution in [0.5, 0.6) is 0 Å². The highest BCUT2D eigenvalue weighted by Crippen LogP contribution is 2.36. The first-order valence-corrected chi connectivity index (χ1v) is 10.6. The first-order chi connectivity index (χ1) is 14.3. The zero-order valence-corrected chi connectivity index (χ0v) is 18.4. The Balaban J connectivity index is 1.65. The van der Waals surface area contributed by atoms with Crippen molar-refractivity contribution >= 4 is 63.3 Å². The highest BCUT2D eigenvalue weighted by atomic mass is 127. The third-order valence-electron chi connectivity index (χ3n) is 5.11. The van der Waals surface area contributed by atoms with Crippen molar-refractivity contribution in [2.24, 2.45) is 0 Å². The van der Waals surface area contributed by atoms with Crippen LogP contribution in [0.1, 0.15) is 29.6 Å². The van der Waals surface area contributed by atoms with Crippen LogP contribution >= 0.6 is 34.2 Å². The molecular weight excluding hydrogens is 525 g/mol. The van der Waals surface area contributed by atoms with Crippen LogP contribution < -0.4 is 4.90 Å². The maximum absolute atomic E-state index is 13.2. The maximum Gasteiger partial charge on any atom is 0.288 e. The molecule has 0 aromatic heterocycles. The lowest BCUT2D eigenvalue weighted by Gasteiger charge is -2.27. The van der Waals surface area contributed by atoms with Gasteiger partial charge in [-0.3, -0.25) is 24.5 Å². The fourth-order valence-corrected chi connectivity index (χ4v) is 4.09. The topological polar surface area (TPSA) is 101 Å². The number of imide groups is 1. The molecule has 30 heavy (non-hydrogen) atoms. The number of rotatable bonds is 5. The van der Waals surface area contributed by atoms with Crippen molar-refractivity contribution < 1.29 is 19.3 Å². The lowest BCUT2D eigenvalue weighted by molar-refractivity contribution is -0.384. The van der Waals surface area contributed by atoms with Crippen molar-refractivity contribution in [3.8, 4) is 0 Å². The van der Waals surface area contributed by atoms with Crippen molar-refractivity contribution in [1.29, 1.82) is 0 Å². The Kier molecular flexibility index (Phi) is 5.49. The summed E-state index contributed by atoms with van der Waals surface area (Å²) >= 11 is 7.97. The molecule has 0 radical (unpaired) electrons. The van der Waals surface area contributed by atoms with Gasteiger partial charge in [-0.25, -0.2) is 4.90 Å². The SMILES string of the molecule is O=C1CC(N(C(=O)c2ccc(Cl)c([N+](=O)[O-])c2)C2CC2)C(=O)N1c1ccc(I)cc1. The molecule has 2 aromatic rings. The van der Waals surface area contributed by atoms with Gasteiger partial charge in [0.05, 0.1) is 17.0 Å². The van der Waals surface area contributed by atoms with E-state index in [4.69, 9.17) is 11.6 Å². The van der Waals surface area contributed by atoms with E-state index in [2.05, 4.69) is 22.6 Å². The van der Waals surface area contributed by atoms with E-state index in [1.165, 1.54) is 17.0 Å². The van der Waals surface area contributed by atoms with E-state index in [1.807, 2.05) is 0 Å². The molecule has 1 aliphatic heterocycles. The predicted octanol–water partition coefficient (Wildman–Crippen LogP) is 3.79. The van der Waals surface area contributed by atoms with Crippen molar-refractivity contribution in [2.45, 2.75) is 31.3 Å². The molecular formula is C20H15ClIN3O5. The molecule has 1 atom stereocenters. The smallest absolute Gasteiger partial charge is 0.288 e. The molecule has 0 spiro atoms. The fourth-order valence-electron chi connectivity index (χ4n) is 3.54. The number of benzene rings is 2. The van der Waals surface area contributed by atoms with Gasteiger partial charge in [-0.2, -0.15) is 0 Å². The monoisotopic (exact) mass is 539 g/mol. The minimum Gasteiger partial charge on any atom is -0.323 e. The van der Waals surface area contributed by atoms with Crippen molar-refractivity contribution in [1.82, 2.24) is 4.90 Å². The Labute approximate surface area is 190 Å². The largest absolute Gasteiger partial charge is 0.323 e. The third-order valence-corrected chi connectivity index (χ3v) is 6.15. The minimum atomic E-state index is -0.938. The van der Waals surface area contributed by atoms with Gasteiger partial charge in [0.25, 0.3) is 17.5 Å². The summed E-state index contributed by atoms with van der Waals surface area (Å²) in [4.78, 5) is 52.0. The Morgan fingerprint density at radius 1 is 1.17 bits per heavy atom. The van der Waals surface area contributed by atoms with Crippen LogP contribution in [-0.2, 0) is 9.59 Å². The number of nitro groups is 1. The van der Waals surface area contributed by atoms with Crippen LogP contribution in [0, 0.1) is 13.7 Å². The summed E-state index contributed by atoms with van der Waals surface area (Å²) in [5, 5.41) is 11.1. The molecule has 2 aliphatic rings. The Bertz CT molecular complexity index is 1070. The van der Waals surface area contributed by atoms with E-state index >= 15 is 0 Å². The average molecular weight is 540 g/mol. The molecule has 3 amide bonds. The van der Waals surface area contributed by atoms with Crippen molar-refractivity contribution in [2.75, 3.05) is 4.90 Å². The average Bonchev–Trinajstić information content (AvgIpc) is 3.49. The van der Waals surface area contributed by atoms with Crippen LogP contribution in [0.3, 0.4) is 0 Å². The molecule has 2 fully saturated rings. The van der Waals surface area contributed by atoms with E-state index in [0.717, 1.165) is 14.5 Å². The Hall–Kier alpha value is -2.53. The van der Waals surface area contributed by atoms with Crippen molar-refractivity contribution in [3.05, 3.63) is 66.7 Å². The van der Waals surface area contributed by atoms with Gasteiger partial charge in [0, 0.05) is 21.2 Å².